The van der Waals surface area contributed by atoms with E-state index < -0.39 is 11.7 Å². The minimum atomic E-state index is -0.535. The van der Waals surface area contributed by atoms with Crippen LogP contribution in [0, 0.1) is 0 Å². The molecular weight excluding hydrogens is 288 g/mol. The van der Waals surface area contributed by atoms with Crippen molar-refractivity contribution in [1.29, 1.82) is 0 Å². The van der Waals surface area contributed by atoms with Gasteiger partial charge >= 0.3 is 11.7 Å². The summed E-state index contributed by atoms with van der Waals surface area (Å²) in [6.45, 7) is -0.0108. The average molecular weight is 300 g/mol. The van der Waals surface area contributed by atoms with Gasteiger partial charge in [-0.25, -0.2) is 9.59 Å². The topological polar surface area (TPSA) is 92.2 Å². The molecule has 0 saturated heterocycles. The van der Waals surface area contributed by atoms with Crippen LogP contribution < -0.4 is 5.69 Å². The number of nitrogens with zero attached hydrogens (tertiary/aromatic N) is 4. The summed E-state index contributed by atoms with van der Waals surface area (Å²) in [5, 5.41) is 7.62. The highest BCUT2D eigenvalue weighted by molar-refractivity contribution is 5.90. The smallest absolute Gasteiger partial charge is 0.368 e. The van der Waals surface area contributed by atoms with Gasteiger partial charge in [-0.05, 0) is 28.6 Å². The standard InChI is InChI=1S/C14H12N4O4/c1-21-13(19)11-7-8-22-12(11)9-17-14(20)18(16-15-17)10-5-3-2-4-6-10/h2-8H,9H2,1H3. The SMILES string of the molecule is COC(=O)c1ccoc1Cn1nnn(-c2ccccc2)c1=O. The van der Waals surface area contributed by atoms with E-state index in [4.69, 9.17) is 4.42 Å². The van der Waals surface area contributed by atoms with E-state index >= 15 is 0 Å². The molecule has 0 aliphatic carbocycles. The quantitative estimate of drug-likeness (QED) is 0.663. The Labute approximate surface area is 124 Å². The van der Waals surface area contributed by atoms with Crippen molar-refractivity contribution in [3.63, 3.8) is 0 Å². The molecule has 0 unspecified atom stereocenters. The second kappa shape index (κ2) is 5.68. The van der Waals surface area contributed by atoms with Gasteiger partial charge in [-0.15, -0.1) is 0 Å². The van der Waals surface area contributed by atoms with Crippen molar-refractivity contribution in [2.24, 2.45) is 0 Å². The van der Waals surface area contributed by atoms with Crippen LogP contribution >= 0.6 is 0 Å². The van der Waals surface area contributed by atoms with Crippen LogP contribution in [0.25, 0.3) is 5.69 Å². The number of furan rings is 1. The first-order valence-electron chi connectivity index (χ1n) is 6.43. The molecule has 0 aliphatic heterocycles. The molecule has 8 heteroatoms. The van der Waals surface area contributed by atoms with E-state index in [1.807, 2.05) is 6.07 Å². The third kappa shape index (κ3) is 2.41. The number of para-hydroxylation sites is 1. The summed E-state index contributed by atoms with van der Waals surface area (Å²) >= 11 is 0. The van der Waals surface area contributed by atoms with E-state index in [0.29, 0.717) is 5.69 Å². The zero-order chi connectivity index (χ0) is 15.5. The number of rotatable bonds is 4. The molecule has 112 valence electrons. The Kier molecular flexibility index (Phi) is 3.57. The molecule has 0 bridgehead atoms. The summed E-state index contributed by atoms with van der Waals surface area (Å²) in [5.41, 5.74) is 0.425. The summed E-state index contributed by atoms with van der Waals surface area (Å²) < 4.78 is 12.2. The molecule has 8 nitrogen and oxygen atoms in total. The van der Waals surface area contributed by atoms with E-state index in [2.05, 4.69) is 15.2 Å². The van der Waals surface area contributed by atoms with Crippen LogP contribution in [0.15, 0.2) is 51.9 Å². The molecule has 0 saturated carbocycles. The number of hydrogen-bond acceptors (Lipinski definition) is 6. The molecule has 0 N–H and O–H groups in total. The van der Waals surface area contributed by atoms with E-state index in [9.17, 15) is 9.59 Å². The molecule has 22 heavy (non-hydrogen) atoms. The highest BCUT2D eigenvalue weighted by atomic mass is 16.5. The van der Waals surface area contributed by atoms with E-state index in [-0.39, 0.29) is 17.9 Å². The van der Waals surface area contributed by atoms with Crippen molar-refractivity contribution in [1.82, 2.24) is 19.8 Å². The summed E-state index contributed by atoms with van der Waals surface area (Å²) in [6.07, 6.45) is 1.36. The molecule has 1 aromatic carbocycles. The monoisotopic (exact) mass is 300 g/mol. The van der Waals surface area contributed by atoms with Gasteiger partial charge in [0.05, 0.1) is 19.1 Å². The number of carbonyl (C=O) groups excluding carboxylic acids is 1. The van der Waals surface area contributed by atoms with Gasteiger partial charge in [-0.2, -0.15) is 9.36 Å². The van der Waals surface area contributed by atoms with Crippen molar-refractivity contribution < 1.29 is 13.9 Å². The summed E-state index contributed by atoms with van der Waals surface area (Å²) in [4.78, 5) is 23.9. The van der Waals surface area contributed by atoms with Crippen LogP contribution in [0.1, 0.15) is 16.1 Å². The number of esters is 1. The Morgan fingerprint density at radius 1 is 1.23 bits per heavy atom. The predicted octanol–water partition coefficient (Wildman–Crippen LogP) is 0.857. The van der Waals surface area contributed by atoms with Crippen molar-refractivity contribution in [3.05, 3.63) is 64.5 Å². The van der Waals surface area contributed by atoms with E-state index in [0.717, 1.165) is 4.68 Å². The van der Waals surface area contributed by atoms with Gasteiger partial charge in [0.1, 0.15) is 17.9 Å². The number of tetrazole rings is 1. The van der Waals surface area contributed by atoms with E-state index in [1.54, 1.807) is 24.3 Å². The number of carbonyl (C=O) groups is 1. The fourth-order valence-corrected chi connectivity index (χ4v) is 2.00. The fraction of sp³-hybridized carbons (Fsp3) is 0.143. The third-order valence-electron chi connectivity index (χ3n) is 3.08. The first kappa shape index (κ1) is 13.8. The Morgan fingerprint density at radius 2 is 2.00 bits per heavy atom. The Morgan fingerprint density at radius 3 is 2.73 bits per heavy atom. The Hall–Kier alpha value is -3.16. The average Bonchev–Trinajstić information content (AvgIpc) is 3.15. The molecule has 0 amide bonds. The van der Waals surface area contributed by atoms with Gasteiger partial charge in [0.2, 0.25) is 0 Å². The largest absolute Gasteiger partial charge is 0.466 e. The molecule has 0 atom stereocenters. The molecule has 3 aromatic rings. The number of benzene rings is 1. The summed E-state index contributed by atoms with van der Waals surface area (Å²) in [5.74, 6) is -0.249. The number of aromatic nitrogens is 4. The van der Waals surface area contributed by atoms with Crippen LogP contribution in [-0.4, -0.2) is 32.9 Å². The van der Waals surface area contributed by atoms with Crippen molar-refractivity contribution in [3.8, 4) is 5.69 Å². The number of hydrogen-bond donors (Lipinski definition) is 0. The molecule has 0 spiro atoms. The van der Waals surface area contributed by atoms with Gasteiger partial charge < -0.3 is 9.15 Å². The lowest BCUT2D eigenvalue weighted by atomic mass is 10.2. The van der Waals surface area contributed by atoms with Gasteiger partial charge in [0.15, 0.2) is 0 Å². The Balaban J connectivity index is 1.92. The molecule has 2 heterocycles. The highest BCUT2D eigenvalue weighted by Crippen LogP contribution is 2.12. The maximum absolute atomic E-state index is 12.3. The van der Waals surface area contributed by atoms with Gasteiger partial charge in [-0.1, -0.05) is 18.2 Å². The minimum Gasteiger partial charge on any atom is -0.466 e. The number of ether oxygens (including phenoxy) is 1. The minimum absolute atomic E-state index is 0.0108. The van der Waals surface area contributed by atoms with Crippen LogP contribution in [0.4, 0.5) is 0 Å². The van der Waals surface area contributed by atoms with Crippen LogP contribution in [0.5, 0.6) is 0 Å². The maximum Gasteiger partial charge on any atom is 0.368 e. The molecule has 2 aromatic heterocycles. The predicted molar refractivity (Wildman–Crippen MR) is 74.8 cm³/mol. The van der Waals surface area contributed by atoms with Crippen LogP contribution in [0.3, 0.4) is 0 Å². The number of methoxy groups -OCH3 is 1. The first-order chi connectivity index (χ1) is 10.7. The van der Waals surface area contributed by atoms with Gasteiger partial charge in [-0.3, -0.25) is 0 Å². The van der Waals surface area contributed by atoms with Crippen LogP contribution in [0.2, 0.25) is 0 Å². The van der Waals surface area contributed by atoms with E-state index in [1.165, 1.54) is 24.1 Å². The maximum atomic E-state index is 12.3. The molecular formula is C14H12N4O4. The molecule has 0 radical (unpaired) electrons. The van der Waals surface area contributed by atoms with Gasteiger partial charge in [0, 0.05) is 0 Å². The van der Waals surface area contributed by atoms with Crippen molar-refractivity contribution in [2.75, 3.05) is 7.11 Å². The second-order valence-electron chi connectivity index (χ2n) is 4.42. The lowest BCUT2D eigenvalue weighted by molar-refractivity contribution is 0.0598. The molecule has 0 fully saturated rings. The summed E-state index contributed by atoms with van der Waals surface area (Å²) in [7, 11) is 1.27. The van der Waals surface area contributed by atoms with Crippen molar-refractivity contribution in [2.45, 2.75) is 6.54 Å². The zero-order valence-electron chi connectivity index (χ0n) is 11.7. The lowest BCUT2D eigenvalue weighted by Gasteiger charge is -2.00. The first-order valence-corrected chi connectivity index (χ1v) is 6.43. The third-order valence-corrected chi connectivity index (χ3v) is 3.08. The molecule has 3 rings (SSSR count). The molecule has 0 aliphatic rings. The second-order valence-corrected chi connectivity index (χ2v) is 4.42. The summed E-state index contributed by atoms with van der Waals surface area (Å²) in [6, 6.07) is 10.4. The van der Waals surface area contributed by atoms with Crippen molar-refractivity contribution >= 4 is 5.97 Å². The van der Waals surface area contributed by atoms with Crippen LogP contribution in [-0.2, 0) is 11.3 Å². The fourth-order valence-electron chi connectivity index (χ4n) is 2.00. The van der Waals surface area contributed by atoms with Gasteiger partial charge in [0.25, 0.3) is 0 Å². The highest BCUT2D eigenvalue weighted by Gasteiger charge is 2.18. The lowest BCUT2D eigenvalue weighted by Crippen LogP contribution is -2.25. The zero-order valence-corrected chi connectivity index (χ0v) is 11.7. The Bertz CT molecular complexity index is 847. The normalized spacial score (nSPS) is 10.6.